The van der Waals surface area contributed by atoms with Crippen molar-refractivity contribution in [3.63, 3.8) is 0 Å². The topological polar surface area (TPSA) is 119 Å². The number of carbonyl (C=O) groups is 3. The Morgan fingerprint density at radius 2 is 1.79 bits per heavy atom. The molecule has 0 saturated carbocycles. The van der Waals surface area contributed by atoms with E-state index in [-0.39, 0.29) is 31.1 Å². The monoisotopic (exact) mass is 401 g/mol. The summed E-state index contributed by atoms with van der Waals surface area (Å²) in [6, 6.07) is 0.567. The fraction of sp³-hybridized carbons (Fsp3) is 0.842. The first-order valence-electron chi connectivity index (χ1n) is 10.0. The predicted octanol–water partition coefficient (Wildman–Crippen LogP) is 0.488. The van der Waals surface area contributed by atoms with Gasteiger partial charge in [0.2, 0.25) is 5.91 Å². The summed E-state index contributed by atoms with van der Waals surface area (Å²) in [5, 5.41) is 16.9. The van der Waals surface area contributed by atoms with E-state index in [9.17, 15) is 4.79 Å². The van der Waals surface area contributed by atoms with Crippen LogP contribution in [0.25, 0.3) is 0 Å². The fourth-order valence-corrected chi connectivity index (χ4v) is 4.05. The highest BCUT2D eigenvalue weighted by Crippen LogP contribution is 2.33. The molecule has 9 nitrogen and oxygen atoms in total. The Balaban J connectivity index is 0.000000582. The van der Waals surface area contributed by atoms with Gasteiger partial charge in [-0.15, -0.1) is 0 Å². The number of nitrogens with one attached hydrogen (secondary N) is 1. The van der Waals surface area contributed by atoms with E-state index in [0.29, 0.717) is 12.0 Å². The summed E-state index contributed by atoms with van der Waals surface area (Å²) < 4.78 is 6.06. The normalized spacial score (nSPS) is 27.0. The summed E-state index contributed by atoms with van der Waals surface area (Å²) in [7, 11) is 0. The van der Waals surface area contributed by atoms with Crippen molar-refractivity contribution in [1.29, 1.82) is 0 Å². The Hall–Kier alpha value is -1.71. The van der Waals surface area contributed by atoms with E-state index in [4.69, 9.17) is 24.5 Å². The number of rotatable bonds is 5. The maximum Gasteiger partial charge on any atom is 0.290 e. The summed E-state index contributed by atoms with van der Waals surface area (Å²) in [4.78, 5) is 33.9. The van der Waals surface area contributed by atoms with E-state index in [2.05, 4.69) is 29.0 Å². The van der Waals surface area contributed by atoms with Crippen LogP contribution in [0, 0.1) is 5.92 Å². The largest absolute Gasteiger partial charge is 0.483 e. The van der Waals surface area contributed by atoms with Crippen LogP contribution in [-0.4, -0.2) is 96.4 Å². The smallest absolute Gasteiger partial charge is 0.290 e. The standard InChI is InChI=1S/C17H31N3O2.2CH2O2/c1-13(2)20-9-5-14-11-15(22-16(14)12-20)17(21)18-6-10-19-7-3-4-8-19;2*2-1-3/h13-16H,3-12H2,1-2H3,(H,18,21);2*1H,(H,2,3)/t14-,15+,16-;;/m0../s1. The minimum absolute atomic E-state index is 0.102. The molecular weight excluding hydrogens is 366 g/mol. The minimum atomic E-state index is -0.250. The maximum absolute atomic E-state index is 12.3. The first-order valence-corrected chi connectivity index (χ1v) is 10.0. The summed E-state index contributed by atoms with van der Waals surface area (Å²) in [6.07, 6.45) is 4.71. The van der Waals surface area contributed by atoms with Gasteiger partial charge in [0.1, 0.15) is 6.10 Å². The molecule has 0 radical (unpaired) electrons. The third kappa shape index (κ3) is 8.12. The van der Waals surface area contributed by atoms with Gasteiger partial charge >= 0.3 is 0 Å². The first kappa shape index (κ1) is 24.3. The second-order valence-corrected chi connectivity index (χ2v) is 7.59. The number of fused-ring (bicyclic) bond motifs is 1. The Bertz CT molecular complexity index is 465. The van der Waals surface area contributed by atoms with Crippen LogP contribution in [0.15, 0.2) is 0 Å². The molecule has 0 aromatic heterocycles. The van der Waals surface area contributed by atoms with Crippen molar-refractivity contribution in [1.82, 2.24) is 15.1 Å². The Kier molecular flexibility index (Phi) is 11.7. The number of nitrogens with zero attached hydrogens (tertiary/aromatic N) is 2. The molecular formula is C19H35N3O6. The second kappa shape index (κ2) is 13.5. The van der Waals surface area contributed by atoms with Crippen LogP contribution in [0.4, 0.5) is 0 Å². The van der Waals surface area contributed by atoms with Gasteiger partial charge in [-0.1, -0.05) is 0 Å². The average molecular weight is 402 g/mol. The van der Waals surface area contributed by atoms with Gasteiger partial charge in [0.15, 0.2) is 0 Å². The highest BCUT2D eigenvalue weighted by molar-refractivity contribution is 5.81. The highest BCUT2D eigenvalue weighted by atomic mass is 16.5. The number of carboxylic acid groups (broad SMARTS) is 2. The highest BCUT2D eigenvalue weighted by Gasteiger charge is 2.42. The Labute approximate surface area is 167 Å². The zero-order valence-electron chi connectivity index (χ0n) is 17.0. The zero-order chi connectivity index (χ0) is 20.9. The van der Waals surface area contributed by atoms with Gasteiger partial charge in [-0.05, 0) is 65.1 Å². The van der Waals surface area contributed by atoms with Gasteiger partial charge < -0.3 is 25.2 Å². The molecule has 1 amide bonds. The van der Waals surface area contributed by atoms with Crippen molar-refractivity contribution in [2.45, 2.75) is 57.8 Å². The molecule has 162 valence electrons. The minimum Gasteiger partial charge on any atom is -0.483 e. The summed E-state index contributed by atoms with van der Waals surface area (Å²) >= 11 is 0. The second-order valence-electron chi connectivity index (χ2n) is 7.59. The SMILES string of the molecule is CC(C)N1CC[C@H]2C[C@H](C(=O)NCCN3CCCC3)O[C@H]2C1.O=CO.O=CO. The molecule has 3 heterocycles. The predicted molar refractivity (Wildman–Crippen MR) is 104 cm³/mol. The van der Waals surface area contributed by atoms with Gasteiger partial charge in [0.25, 0.3) is 12.9 Å². The van der Waals surface area contributed by atoms with Crippen molar-refractivity contribution in [3.8, 4) is 0 Å². The molecule has 0 unspecified atom stereocenters. The summed E-state index contributed by atoms with van der Waals surface area (Å²) in [6.45, 7) is 10.2. The van der Waals surface area contributed by atoms with E-state index in [0.717, 1.165) is 32.6 Å². The van der Waals surface area contributed by atoms with Crippen molar-refractivity contribution >= 4 is 18.9 Å². The molecule has 3 aliphatic heterocycles. The van der Waals surface area contributed by atoms with Crippen LogP contribution < -0.4 is 5.32 Å². The molecule has 3 N–H and O–H groups in total. The van der Waals surface area contributed by atoms with Gasteiger partial charge in [-0.2, -0.15) is 0 Å². The van der Waals surface area contributed by atoms with Crippen molar-refractivity contribution in [2.24, 2.45) is 5.92 Å². The molecule has 28 heavy (non-hydrogen) atoms. The van der Waals surface area contributed by atoms with Crippen LogP contribution in [0.1, 0.15) is 39.5 Å². The molecule has 3 fully saturated rings. The molecule has 3 saturated heterocycles. The molecule has 0 bridgehead atoms. The van der Waals surface area contributed by atoms with E-state index in [1.165, 1.54) is 32.4 Å². The van der Waals surface area contributed by atoms with E-state index < -0.39 is 0 Å². The molecule has 0 aromatic rings. The van der Waals surface area contributed by atoms with Crippen LogP contribution in [0.2, 0.25) is 0 Å². The number of hydrogen-bond acceptors (Lipinski definition) is 6. The summed E-state index contributed by atoms with van der Waals surface area (Å²) in [5.74, 6) is 0.675. The lowest BCUT2D eigenvalue weighted by molar-refractivity contribution is -0.133. The molecule has 9 heteroatoms. The number of piperidine rings is 1. The number of carbonyl (C=O) groups excluding carboxylic acids is 1. The number of likely N-dealkylation sites (tertiary alicyclic amines) is 2. The van der Waals surface area contributed by atoms with E-state index in [1.807, 2.05) is 0 Å². The van der Waals surface area contributed by atoms with Gasteiger partial charge in [-0.3, -0.25) is 19.3 Å². The van der Waals surface area contributed by atoms with Gasteiger partial charge in [0.05, 0.1) is 6.10 Å². The molecule has 3 aliphatic rings. The number of hydrogen-bond donors (Lipinski definition) is 3. The van der Waals surface area contributed by atoms with Crippen LogP contribution in [-0.2, 0) is 19.1 Å². The lowest BCUT2D eigenvalue weighted by Crippen LogP contribution is -2.45. The van der Waals surface area contributed by atoms with Gasteiger partial charge in [0, 0.05) is 25.7 Å². The molecule has 0 aliphatic carbocycles. The average Bonchev–Trinajstić information content (AvgIpc) is 3.31. The third-order valence-electron chi connectivity index (χ3n) is 5.53. The number of ether oxygens (including phenoxy) is 1. The summed E-state index contributed by atoms with van der Waals surface area (Å²) in [5.41, 5.74) is 0. The van der Waals surface area contributed by atoms with E-state index >= 15 is 0 Å². The van der Waals surface area contributed by atoms with E-state index in [1.54, 1.807) is 0 Å². The Morgan fingerprint density at radius 1 is 1.18 bits per heavy atom. The molecule has 0 aromatic carbocycles. The van der Waals surface area contributed by atoms with Crippen molar-refractivity contribution < 1.29 is 29.3 Å². The van der Waals surface area contributed by atoms with Crippen LogP contribution in [0.3, 0.4) is 0 Å². The maximum atomic E-state index is 12.3. The number of amides is 1. The van der Waals surface area contributed by atoms with Crippen molar-refractivity contribution in [3.05, 3.63) is 0 Å². The lowest BCUT2D eigenvalue weighted by atomic mass is 9.91. The molecule has 0 spiro atoms. The quantitative estimate of drug-likeness (QED) is 0.570. The Morgan fingerprint density at radius 3 is 2.36 bits per heavy atom. The van der Waals surface area contributed by atoms with Gasteiger partial charge in [-0.25, -0.2) is 0 Å². The molecule has 3 atom stereocenters. The fourth-order valence-electron chi connectivity index (χ4n) is 4.05. The van der Waals surface area contributed by atoms with Crippen molar-refractivity contribution in [2.75, 3.05) is 39.3 Å². The van der Waals surface area contributed by atoms with Crippen LogP contribution >= 0.6 is 0 Å². The first-order chi connectivity index (χ1) is 13.5. The zero-order valence-corrected chi connectivity index (χ0v) is 17.0. The molecule has 3 rings (SSSR count). The van der Waals surface area contributed by atoms with Crippen LogP contribution in [0.5, 0.6) is 0 Å². The third-order valence-corrected chi connectivity index (χ3v) is 5.53. The lowest BCUT2D eigenvalue weighted by Gasteiger charge is -2.36.